The molecule has 3 rings (SSSR count). The van der Waals surface area contributed by atoms with Crippen molar-refractivity contribution in [2.24, 2.45) is 0 Å². The highest BCUT2D eigenvalue weighted by Gasteiger charge is 2.27. The molecule has 0 radical (unpaired) electrons. The first kappa shape index (κ1) is 17.8. The molecule has 1 fully saturated rings. The van der Waals surface area contributed by atoms with Crippen molar-refractivity contribution in [3.63, 3.8) is 0 Å². The number of anilines is 1. The van der Waals surface area contributed by atoms with Gasteiger partial charge >= 0.3 is 10.2 Å². The molecule has 1 aromatic carbocycles. The predicted octanol–water partition coefficient (Wildman–Crippen LogP) is 2.48. The number of aliphatic hydroxyl groups excluding tert-OH is 1. The topological polar surface area (TPSA) is 82.5 Å². The van der Waals surface area contributed by atoms with Gasteiger partial charge in [-0.3, -0.25) is 9.71 Å². The Hall–Kier alpha value is -1.96. The maximum absolute atomic E-state index is 12.5. The molecule has 0 saturated carbocycles. The second-order valence-electron chi connectivity index (χ2n) is 6.46. The van der Waals surface area contributed by atoms with Crippen molar-refractivity contribution in [1.82, 2.24) is 9.29 Å². The average molecular weight is 361 g/mol. The molecule has 1 aromatic heterocycles. The lowest BCUT2D eigenvalue weighted by atomic mass is 9.98. The van der Waals surface area contributed by atoms with Gasteiger partial charge in [-0.1, -0.05) is 6.07 Å². The van der Waals surface area contributed by atoms with Crippen LogP contribution >= 0.6 is 0 Å². The van der Waals surface area contributed by atoms with E-state index in [9.17, 15) is 13.5 Å². The van der Waals surface area contributed by atoms with Crippen LogP contribution < -0.4 is 4.72 Å². The summed E-state index contributed by atoms with van der Waals surface area (Å²) in [5.41, 5.74) is 4.71. The average Bonchev–Trinajstić information content (AvgIpc) is 2.56. The number of nitrogens with zero attached hydrogens (tertiary/aromatic N) is 2. The van der Waals surface area contributed by atoms with E-state index in [1.807, 2.05) is 38.2 Å². The van der Waals surface area contributed by atoms with Crippen LogP contribution in [-0.4, -0.2) is 42.0 Å². The zero-order chi connectivity index (χ0) is 18.0. The minimum atomic E-state index is -3.60. The van der Waals surface area contributed by atoms with E-state index in [-0.39, 0.29) is 0 Å². The summed E-state index contributed by atoms with van der Waals surface area (Å²) in [6, 6.07) is 7.47. The molecule has 0 unspecified atom stereocenters. The molecular formula is C18H23N3O3S. The Morgan fingerprint density at radius 3 is 2.48 bits per heavy atom. The summed E-state index contributed by atoms with van der Waals surface area (Å²) in [7, 11) is -3.60. The summed E-state index contributed by atoms with van der Waals surface area (Å²) in [5, 5.41) is 9.53. The second kappa shape index (κ2) is 7.11. The molecule has 25 heavy (non-hydrogen) atoms. The van der Waals surface area contributed by atoms with E-state index in [0.717, 1.165) is 22.3 Å². The summed E-state index contributed by atoms with van der Waals surface area (Å²) >= 11 is 0. The molecule has 6 nitrogen and oxygen atoms in total. The number of aromatic nitrogens is 1. The quantitative estimate of drug-likeness (QED) is 0.876. The number of hydrogen-bond donors (Lipinski definition) is 2. The fourth-order valence-corrected chi connectivity index (χ4v) is 4.32. The van der Waals surface area contributed by atoms with Crippen LogP contribution in [0.5, 0.6) is 0 Å². The number of aryl methyl sites for hydroxylation is 2. The monoisotopic (exact) mass is 361 g/mol. The Kier molecular flexibility index (Phi) is 5.08. The summed E-state index contributed by atoms with van der Waals surface area (Å²) in [6.45, 7) is 4.65. The molecule has 134 valence electrons. The maximum atomic E-state index is 12.5. The van der Waals surface area contributed by atoms with E-state index in [1.54, 1.807) is 12.3 Å². The first-order chi connectivity index (χ1) is 11.9. The lowest BCUT2D eigenvalue weighted by Gasteiger charge is -2.29. The van der Waals surface area contributed by atoms with Gasteiger partial charge in [-0.25, -0.2) is 0 Å². The normalized spacial score (nSPS) is 16.8. The van der Waals surface area contributed by atoms with Crippen molar-refractivity contribution in [2.75, 3.05) is 17.8 Å². The second-order valence-corrected chi connectivity index (χ2v) is 8.13. The zero-order valence-electron chi connectivity index (χ0n) is 14.4. The molecule has 2 aromatic rings. The molecule has 0 amide bonds. The van der Waals surface area contributed by atoms with Crippen LogP contribution in [0.4, 0.5) is 5.69 Å². The van der Waals surface area contributed by atoms with Crippen molar-refractivity contribution in [3.05, 3.63) is 47.8 Å². The first-order valence-corrected chi connectivity index (χ1v) is 9.78. The third-order valence-corrected chi connectivity index (χ3v) is 6.10. The number of aliphatic hydroxyl groups is 1. The smallest absolute Gasteiger partial charge is 0.301 e. The van der Waals surface area contributed by atoms with Gasteiger partial charge in [-0.2, -0.15) is 12.7 Å². The van der Waals surface area contributed by atoms with Crippen LogP contribution in [0.1, 0.15) is 24.0 Å². The third kappa shape index (κ3) is 4.00. The van der Waals surface area contributed by atoms with Crippen molar-refractivity contribution < 1.29 is 13.5 Å². The molecule has 0 aliphatic carbocycles. The highest BCUT2D eigenvalue weighted by atomic mass is 32.2. The predicted molar refractivity (Wildman–Crippen MR) is 98.5 cm³/mol. The molecule has 0 atom stereocenters. The summed E-state index contributed by atoms with van der Waals surface area (Å²) < 4.78 is 29.0. The molecule has 0 bridgehead atoms. The van der Waals surface area contributed by atoms with E-state index in [1.165, 1.54) is 4.31 Å². The third-order valence-electron chi connectivity index (χ3n) is 4.57. The van der Waals surface area contributed by atoms with Crippen LogP contribution in [0, 0.1) is 13.8 Å². The van der Waals surface area contributed by atoms with E-state index in [4.69, 9.17) is 0 Å². The van der Waals surface area contributed by atoms with Crippen molar-refractivity contribution in [3.8, 4) is 11.1 Å². The molecule has 2 N–H and O–H groups in total. The Labute approximate surface area is 148 Å². The van der Waals surface area contributed by atoms with Gasteiger partial charge in [-0.15, -0.1) is 0 Å². The van der Waals surface area contributed by atoms with Crippen molar-refractivity contribution >= 4 is 15.9 Å². The van der Waals surface area contributed by atoms with Crippen molar-refractivity contribution in [1.29, 1.82) is 0 Å². The number of nitrogens with one attached hydrogen (secondary N) is 1. The van der Waals surface area contributed by atoms with Gasteiger partial charge in [0.2, 0.25) is 0 Å². The van der Waals surface area contributed by atoms with Gasteiger partial charge in [0.05, 0.1) is 11.8 Å². The molecule has 1 aliphatic heterocycles. The van der Waals surface area contributed by atoms with Gasteiger partial charge in [0.15, 0.2) is 0 Å². The zero-order valence-corrected chi connectivity index (χ0v) is 15.3. The summed E-state index contributed by atoms with van der Waals surface area (Å²) in [4.78, 5) is 4.17. The Morgan fingerprint density at radius 1 is 1.12 bits per heavy atom. The van der Waals surface area contributed by atoms with Gasteiger partial charge in [-0.05, 0) is 61.6 Å². The number of hydrogen-bond acceptors (Lipinski definition) is 4. The Morgan fingerprint density at radius 2 is 1.84 bits per heavy atom. The fraction of sp³-hybridized carbons (Fsp3) is 0.389. The largest absolute Gasteiger partial charge is 0.393 e. The fourth-order valence-electron chi connectivity index (χ4n) is 3.07. The molecule has 0 spiro atoms. The minimum Gasteiger partial charge on any atom is -0.393 e. The lowest BCUT2D eigenvalue weighted by Crippen LogP contribution is -2.42. The number of piperidine rings is 1. The van der Waals surface area contributed by atoms with Gasteiger partial charge in [0.25, 0.3) is 0 Å². The lowest BCUT2D eigenvalue weighted by molar-refractivity contribution is 0.113. The van der Waals surface area contributed by atoms with Gasteiger partial charge in [0.1, 0.15) is 0 Å². The van der Waals surface area contributed by atoms with Crippen LogP contribution in [-0.2, 0) is 10.2 Å². The van der Waals surface area contributed by atoms with E-state index < -0.39 is 16.3 Å². The minimum absolute atomic E-state index is 0.336. The summed E-state index contributed by atoms with van der Waals surface area (Å²) in [5.74, 6) is 0. The number of rotatable bonds is 4. The van der Waals surface area contributed by atoms with Crippen LogP contribution in [0.3, 0.4) is 0 Å². The Bertz CT molecular complexity index is 860. The van der Waals surface area contributed by atoms with E-state index >= 15 is 0 Å². The maximum Gasteiger partial charge on any atom is 0.301 e. The molecule has 1 saturated heterocycles. The van der Waals surface area contributed by atoms with Crippen molar-refractivity contribution in [2.45, 2.75) is 32.8 Å². The van der Waals surface area contributed by atoms with Crippen LogP contribution in [0.25, 0.3) is 11.1 Å². The molecule has 2 heterocycles. The highest BCUT2D eigenvalue weighted by molar-refractivity contribution is 7.90. The first-order valence-electron chi connectivity index (χ1n) is 8.34. The highest BCUT2D eigenvalue weighted by Crippen LogP contribution is 2.28. The van der Waals surface area contributed by atoms with Crippen LogP contribution in [0.2, 0.25) is 0 Å². The SMILES string of the molecule is Cc1cc(NS(=O)(=O)N2CCC(O)CC2)ccc1-c1cnccc1C. The standard InChI is InChI=1S/C18H23N3O3S/c1-13-5-8-19-12-18(13)17-4-3-15(11-14(17)2)20-25(23,24)21-9-6-16(22)7-10-21/h3-5,8,11-12,16,20,22H,6-7,9-10H2,1-2H3. The molecule has 7 heteroatoms. The van der Waals surface area contributed by atoms with Crippen LogP contribution in [0.15, 0.2) is 36.7 Å². The number of benzene rings is 1. The molecule has 1 aliphatic rings. The van der Waals surface area contributed by atoms with Gasteiger partial charge < -0.3 is 5.11 Å². The number of pyridine rings is 1. The van der Waals surface area contributed by atoms with E-state index in [0.29, 0.717) is 31.6 Å². The van der Waals surface area contributed by atoms with E-state index in [2.05, 4.69) is 9.71 Å². The van der Waals surface area contributed by atoms with Gasteiger partial charge in [0, 0.05) is 31.0 Å². The Balaban J connectivity index is 1.80. The summed E-state index contributed by atoms with van der Waals surface area (Å²) in [6.07, 6.45) is 4.11. The molecular weight excluding hydrogens is 338 g/mol.